The monoisotopic (exact) mass is 325 g/mol. The Morgan fingerprint density at radius 2 is 1.90 bits per heavy atom. The number of aromatic nitrogens is 1. The van der Waals surface area contributed by atoms with E-state index in [1.165, 1.54) is 11.3 Å². The molecule has 5 nitrogen and oxygen atoms in total. The molecule has 0 saturated heterocycles. The molecule has 0 aliphatic heterocycles. The van der Waals surface area contributed by atoms with E-state index in [1.54, 1.807) is 5.51 Å². The Bertz CT molecular complexity index is 687. The lowest BCUT2D eigenvalue weighted by Crippen LogP contribution is -2.27. The lowest BCUT2D eigenvalue weighted by molar-refractivity contribution is 0.580. The first-order chi connectivity index (χ1) is 9.94. The number of benzene rings is 1. The van der Waals surface area contributed by atoms with Crippen molar-refractivity contribution in [2.75, 3.05) is 18.9 Å². The molecule has 1 aromatic heterocycles. The molecule has 7 heteroatoms. The van der Waals surface area contributed by atoms with E-state index in [0.29, 0.717) is 17.9 Å². The second-order valence-corrected chi connectivity index (χ2v) is 7.24. The molecule has 0 aliphatic rings. The summed E-state index contributed by atoms with van der Waals surface area (Å²) < 4.78 is 27.6. The van der Waals surface area contributed by atoms with Gasteiger partial charge in [0.05, 0.1) is 16.1 Å². The highest BCUT2D eigenvalue weighted by molar-refractivity contribution is 7.89. The zero-order valence-electron chi connectivity index (χ0n) is 12.3. The number of rotatable bonds is 6. The van der Waals surface area contributed by atoms with Crippen molar-refractivity contribution in [2.45, 2.75) is 25.2 Å². The molecule has 2 rings (SSSR count). The van der Waals surface area contributed by atoms with Crippen molar-refractivity contribution < 1.29 is 8.42 Å². The third-order valence-electron chi connectivity index (χ3n) is 3.17. The molecule has 0 unspecified atom stereocenters. The predicted octanol–water partition coefficient (Wildman–Crippen LogP) is 2.32. The van der Waals surface area contributed by atoms with Gasteiger partial charge in [-0.3, -0.25) is 0 Å². The summed E-state index contributed by atoms with van der Waals surface area (Å²) in [7, 11) is -1.69. The number of aryl methyl sites for hydroxylation is 2. The highest BCUT2D eigenvalue weighted by atomic mass is 32.2. The van der Waals surface area contributed by atoms with Gasteiger partial charge in [-0.1, -0.05) is 0 Å². The first kappa shape index (κ1) is 15.9. The Labute approximate surface area is 129 Å². The van der Waals surface area contributed by atoms with Crippen LogP contribution < -0.4 is 10.0 Å². The van der Waals surface area contributed by atoms with E-state index in [4.69, 9.17) is 0 Å². The number of anilines is 1. The van der Waals surface area contributed by atoms with Crippen LogP contribution in [0.5, 0.6) is 0 Å². The summed E-state index contributed by atoms with van der Waals surface area (Å²) in [6.07, 6.45) is 0.593. The minimum atomic E-state index is -3.50. The molecule has 0 radical (unpaired) electrons. The number of hydrogen-bond donors (Lipinski definition) is 2. The van der Waals surface area contributed by atoms with Crippen LogP contribution in [0.1, 0.15) is 16.8 Å². The van der Waals surface area contributed by atoms with Crippen LogP contribution in [0.4, 0.5) is 5.69 Å². The summed E-state index contributed by atoms with van der Waals surface area (Å²) in [4.78, 5) is 4.50. The molecular formula is C14H19N3O2S2. The van der Waals surface area contributed by atoms with Gasteiger partial charge < -0.3 is 5.32 Å². The Morgan fingerprint density at radius 1 is 1.24 bits per heavy atom. The van der Waals surface area contributed by atoms with Crippen molar-refractivity contribution in [1.29, 1.82) is 0 Å². The van der Waals surface area contributed by atoms with Crippen molar-refractivity contribution >= 4 is 27.0 Å². The maximum absolute atomic E-state index is 12.5. The van der Waals surface area contributed by atoms with E-state index in [-0.39, 0.29) is 0 Å². The van der Waals surface area contributed by atoms with E-state index in [1.807, 2.05) is 38.4 Å². The largest absolute Gasteiger partial charge is 0.388 e. The molecule has 21 heavy (non-hydrogen) atoms. The lowest BCUT2D eigenvalue weighted by atomic mass is 10.1. The highest BCUT2D eigenvalue weighted by Crippen LogP contribution is 2.24. The number of nitrogens with one attached hydrogen (secondary N) is 2. The Hall–Kier alpha value is -1.44. The van der Waals surface area contributed by atoms with Crippen molar-refractivity contribution in [3.05, 3.63) is 39.8 Å². The van der Waals surface area contributed by atoms with Gasteiger partial charge in [0.25, 0.3) is 0 Å². The predicted molar refractivity (Wildman–Crippen MR) is 86.5 cm³/mol. The highest BCUT2D eigenvalue weighted by Gasteiger charge is 2.19. The van der Waals surface area contributed by atoms with Crippen LogP contribution in [0.15, 0.2) is 27.9 Å². The molecule has 0 atom stereocenters. The van der Waals surface area contributed by atoms with Crippen LogP contribution in [0.25, 0.3) is 0 Å². The summed E-state index contributed by atoms with van der Waals surface area (Å²) in [6, 6.07) is 3.67. The summed E-state index contributed by atoms with van der Waals surface area (Å²) in [5.41, 5.74) is 5.03. The van der Waals surface area contributed by atoms with Gasteiger partial charge in [-0.15, -0.1) is 11.3 Å². The molecule has 0 spiro atoms. The van der Waals surface area contributed by atoms with E-state index in [2.05, 4.69) is 15.0 Å². The molecule has 0 amide bonds. The average Bonchev–Trinajstić information content (AvgIpc) is 2.90. The fourth-order valence-electron chi connectivity index (χ4n) is 2.27. The molecule has 1 aromatic carbocycles. The fourth-order valence-corrected chi connectivity index (χ4v) is 4.34. The maximum Gasteiger partial charge on any atom is 0.241 e. The van der Waals surface area contributed by atoms with Gasteiger partial charge in [0, 0.05) is 31.1 Å². The molecule has 0 aliphatic carbocycles. The van der Waals surface area contributed by atoms with Crippen LogP contribution >= 0.6 is 11.3 Å². The van der Waals surface area contributed by atoms with Gasteiger partial charge in [-0.2, -0.15) is 0 Å². The SMILES string of the molecule is CNc1cc(C)c(S(=O)(=O)NCCc2cscn2)c(C)c1. The van der Waals surface area contributed by atoms with Crippen LogP contribution in [-0.2, 0) is 16.4 Å². The van der Waals surface area contributed by atoms with E-state index < -0.39 is 10.0 Å². The fraction of sp³-hybridized carbons (Fsp3) is 0.357. The normalized spacial score (nSPS) is 11.6. The number of sulfonamides is 1. The Balaban J connectivity index is 2.15. The average molecular weight is 325 g/mol. The van der Waals surface area contributed by atoms with Gasteiger partial charge in [-0.25, -0.2) is 18.1 Å². The standard InChI is InChI=1S/C14H19N3O2S2/c1-10-6-13(15-3)7-11(2)14(10)21(18,19)17-5-4-12-8-20-9-16-12/h6-9,15,17H,4-5H2,1-3H3. The molecule has 0 fully saturated rings. The van der Waals surface area contributed by atoms with Gasteiger partial charge in [0.1, 0.15) is 0 Å². The van der Waals surface area contributed by atoms with Crippen LogP contribution in [0, 0.1) is 13.8 Å². The quantitative estimate of drug-likeness (QED) is 0.855. The second-order valence-electron chi connectivity index (χ2n) is 4.82. The Kier molecular flexibility index (Phi) is 4.97. The molecule has 1 heterocycles. The molecule has 0 bridgehead atoms. The maximum atomic E-state index is 12.5. The molecule has 2 aromatic rings. The van der Waals surface area contributed by atoms with Gasteiger partial charge in [-0.05, 0) is 37.1 Å². The topological polar surface area (TPSA) is 71.1 Å². The van der Waals surface area contributed by atoms with Gasteiger partial charge in [0.2, 0.25) is 10.0 Å². The molecular weight excluding hydrogens is 306 g/mol. The molecule has 0 saturated carbocycles. The van der Waals surface area contributed by atoms with Crippen molar-refractivity contribution in [1.82, 2.24) is 9.71 Å². The van der Waals surface area contributed by atoms with Crippen molar-refractivity contribution in [2.24, 2.45) is 0 Å². The number of thiazole rings is 1. The number of nitrogens with zero attached hydrogens (tertiary/aromatic N) is 1. The zero-order chi connectivity index (χ0) is 15.5. The first-order valence-electron chi connectivity index (χ1n) is 6.60. The third-order valence-corrected chi connectivity index (χ3v) is 5.58. The smallest absolute Gasteiger partial charge is 0.241 e. The molecule has 2 N–H and O–H groups in total. The summed E-state index contributed by atoms with van der Waals surface area (Å²) in [6.45, 7) is 3.96. The minimum absolute atomic E-state index is 0.346. The summed E-state index contributed by atoms with van der Waals surface area (Å²) >= 11 is 1.51. The Morgan fingerprint density at radius 3 is 2.43 bits per heavy atom. The van der Waals surface area contributed by atoms with E-state index >= 15 is 0 Å². The van der Waals surface area contributed by atoms with Crippen LogP contribution in [0.2, 0.25) is 0 Å². The van der Waals surface area contributed by atoms with Crippen molar-refractivity contribution in [3.8, 4) is 0 Å². The first-order valence-corrected chi connectivity index (χ1v) is 9.02. The summed E-state index contributed by atoms with van der Waals surface area (Å²) in [5, 5.41) is 4.95. The minimum Gasteiger partial charge on any atom is -0.388 e. The van der Waals surface area contributed by atoms with Gasteiger partial charge in [0.15, 0.2) is 0 Å². The number of hydrogen-bond acceptors (Lipinski definition) is 5. The van der Waals surface area contributed by atoms with Crippen LogP contribution in [0.3, 0.4) is 0 Å². The van der Waals surface area contributed by atoms with Gasteiger partial charge >= 0.3 is 0 Å². The zero-order valence-corrected chi connectivity index (χ0v) is 13.9. The lowest BCUT2D eigenvalue weighted by Gasteiger charge is -2.13. The second kappa shape index (κ2) is 6.55. The van der Waals surface area contributed by atoms with Crippen molar-refractivity contribution in [3.63, 3.8) is 0 Å². The van der Waals surface area contributed by atoms with Crippen LogP contribution in [-0.4, -0.2) is 27.0 Å². The molecule has 114 valence electrons. The summed E-state index contributed by atoms with van der Waals surface area (Å²) in [5.74, 6) is 0. The third kappa shape index (κ3) is 3.81. The van der Waals surface area contributed by atoms with E-state index in [9.17, 15) is 8.42 Å². The van der Waals surface area contributed by atoms with E-state index in [0.717, 1.165) is 22.5 Å².